The molecule has 0 aromatic carbocycles. The van der Waals surface area contributed by atoms with E-state index < -0.39 is 0 Å². The van der Waals surface area contributed by atoms with Gasteiger partial charge in [-0.25, -0.2) is 0 Å². The predicted molar refractivity (Wildman–Crippen MR) is 105 cm³/mol. The molecule has 0 saturated carbocycles. The molecule has 136 valence electrons. The molecule has 0 rings (SSSR count). The third-order valence-electron chi connectivity index (χ3n) is 4.57. The molecule has 0 heterocycles. The second-order valence-corrected chi connectivity index (χ2v) is 6.93. The Hall–Kier alpha value is -0.560. The molecule has 0 spiro atoms. The summed E-state index contributed by atoms with van der Waals surface area (Å²) >= 11 is 0. The topological polar surface area (TPSA) is 20.2 Å². The number of hydrogen-bond donors (Lipinski definition) is 1. The molecule has 0 saturated heterocycles. The van der Waals surface area contributed by atoms with Crippen LogP contribution >= 0.6 is 0 Å². The van der Waals surface area contributed by atoms with E-state index in [0.717, 1.165) is 32.1 Å². The van der Waals surface area contributed by atoms with Gasteiger partial charge in [0.25, 0.3) is 0 Å². The molecule has 1 nitrogen and oxygen atoms in total. The van der Waals surface area contributed by atoms with Crippen LogP contribution in [0.5, 0.6) is 0 Å². The summed E-state index contributed by atoms with van der Waals surface area (Å²) in [6.45, 7) is 8.28. The lowest BCUT2D eigenvalue weighted by Crippen LogP contribution is -2.06. The number of allylic oxidation sites excluding steroid dienone is 3. The summed E-state index contributed by atoms with van der Waals surface area (Å²) in [5, 5.41) is 10.1. The van der Waals surface area contributed by atoms with Gasteiger partial charge in [-0.05, 0) is 64.2 Å². The van der Waals surface area contributed by atoms with Crippen molar-refractivity contribution in [3.63, 3.8) is 0 Å². The molecule has 1 atom stereocenters. The van der Waals surface area contributed by atoms with E-state index in [4.69, 9.17) is 0 Å². The Morgan fingerprint density at radius 3 is 2.13 bits per heavy atom. The van der Waals surface area contributed by atoms with E-state index >= 15 is 0 Å². The fraction of sp³-hybridized carbons (Fsp3) is 0.818. The summed E-state index contributed by atoms with van der Waals surface area (Å²) in [5.74, 6) is 0. The summed E-state index contributed by atoms with van der Waals surface area (Å²) in [5.41, 5.74) is 1.65. The largest absolute Gasteiger partial charge is 0.393 e. The van der Waals surface area contributed by atoms with Gasteiger partial charge in [-0.3, -0.25) is 0 Å². The van der Waals surface area contributed by atoms with E-state index in [-0.39, 0.29) is 6.10 Å². The maximum absolute atomic E-state index is 10.1. The molecule has 0 radical (unpaired) electrons. The van der Waals surface area contributed by atoms with Crippen LogP contribution < -0.4 is 0 Å². The highest BCUT2D eigenvalue weighted by atomic mass is 16.3. The zero-order chi connectivity index (χ0) is 17.2. The van der Waals surface area contributed by atoms with Gasteiger partial charge in [0.2, 0.25) is 0 Å². The lowest BCUT2D eigenvalue weighted by Gasteiger charge is -2.12. The van der Waals surface area contributed by atoms with E-state index in [2.05, 4.69) is 26.5 Å². The van der Waals surface area contributed by atoms with Gasteiger partial charge in [0.15, 0.2) is 0 Å². The Balaban J connectivity index is 3.93. The van der Waals surface area contributed by atoms with E-state index in [1.165, 1.54) is 64.2 Å². The third-order valence-corrected chi connectivity index (χ3v) is 4.57. The maximum atomic E-state index is 10.1. The van der Waals surface area contributed by atoms with Crippen molar-refractivity contribution in [1.82, 2.24) is 0 Å². The van der Waals surface area contributed by atoms with Crippen LogP contribution in [0.4, 0.5) is 0 Å². The fourth-order valence-corrected chi connectivity index (χ4v) is 3.01. The van der Waals surface area contributed by atoms with Crippen LogP contribution in [0.15, 0.2) is 24.3 Å². The average molecular weight is 323 g/mol. The molecule has 23 heavy (non-hydrogen) atoms. The van der Waals surface area contributed by atoms with Crippen molar-refractivity contribution in [2.45, 2.75) is 116 Å². The second-order valence-electron chi connectivity index (χ2n) is 6.93. The van der Waals surface area contributed by atoms with Crippen LogP contribution in [0, 0.1) is 0 Å². The molecule has 0 bridgehead atoms. The fourth-order valence-electron chi connectivity index (χ4n) is 3.01. The van der Waals surface area contributed by atoms with E-state index in [0.29, 0.717) is 0 Å². The summed E-state index contributed by atoms with van der Waals surface area (Å²) < 4.78 is 0. The molecule has 0 amide bonds. The van der Waals surface area contributed by atoms with E-state index in [1.54, 1.807) is 5.57 Å². The van der Waals surface area contributed by atoms with Crippen molar-refractivity contribution in [3.05, 3.63) is 24.3 Å². The number of aliphatic hydroxyl groups is 1. The van der Waals surface area contributed by atoms with Gasteiger partial charge in [0.1, 0.15) is 0 Å². The third kappa shape index (κ3) is 16.1. The first-order valence-electron chi connectivity index (χ1n) is 10.2. The van der Waals surface area contributed by atoms with Crippen LogP contribution in [0.1, 0.15) is 110 Å². The zero-order valence-electron chi connectivity index (χ0n) is 16.0. The Morgan fingerprint density at radius 1 is 0.826 bits per heavy atom. The summed E-state index contributed by atoms with van der Waals surface area (Å²) in [6.07, 6.45) is 22.5. The molecule has 0 aromatic rings. The lowest BCUT2D eigenvalue weighted by atomic mass is 9.97. The Kier molecular flexibility index (Phi) is 17.4. The first kappa shape index (κ1) is 22.4. The van der Waals surface area contributed by atoms with Gasteiger partial charge in [-0.2, -0.15) is 0 Å². The number of unbranched alkanes of at least 4 members (excludes halogenated alkanes) is 7. The minimum Gasteiger partial charge on any atom is -0.393 e. The summed E-state index contributed by atoms with van der Waals surface area (Å²) in [6, 6.07) is 0. The van der Waals surface area contributed by atoms with Crippen molar-refractivity contribution in [2.75, 3.05) is 0 Å². The first-order chi connectivity index (χ1) is 11.2. The van der Waals surface area contributed by atoms with Crippen LogP contribution in [0.3, 0.4) is 0 Å². The van der Waals surface area contributed by atoms with Gasteiger partial charge in [0.05, 0.1) is 6.10 Å². The molecule has 0 aromatic heterocycles. The van der Waals surface area contributed by atoms with Crippen molar-refractivity contribution in [1.29, 1.82) is 0 Å². The second kappa shape index (κ2) is 17.8. The summed E-state index contributed by atoms with van der Waals surface area (Å²) in [4.78, 5) is 0. The van der Waals surface area contributed by atoms with Crippen molar-refractivity contribution >= 4 is 0 Å². The van der Waals surface area contributed by atoms with Crippen molar-refractivity contribution < 1.29 is 5.11 Å². The molecule has 1 N–H and O–H groups in total. The molecule has 1 heteroatoms. The van der Waals surface area contributed by atoms with Gasteiger partial charge < -0.3 is 5.11 Å². The first-order valence-corrected chi connectivity index (χ1v) is 10.2. The zero-order valence-corrected chi connectivity index (χ0v) is 16.0. The smallest absolute Gasteiger partial charge is 0.0540 e. The average Bonchev–Trinajstić information content (AvgIpc) is 2.55. The molecule has 1 unspecified atom stereocenters. The van der Waals surface area contributed by atoms with E-state index in [1.807, 2.05) is 6.08 Å². The van der Waals surface area contributed by atoms with Crippen molar-refractivity contribution in [3.8, 4) is 0 Å². The van der Waals surface area contributed by atoms with Gasteiger partial charge in [-0.15, -0.1) is 6.58 Å². The number of rotatable bonds is 17. The molecule has 0 aliphatic heterocycles. The quantitative estimate of drug-likeness (QED) is 0.219. The van der Waals surface area contributed by atoms with Crippen LogP contribution in [-0.2, 0) is 0 Å². The SMILES string of the molecule is C=CCCCCC(O)CCC/C(=C/CCCCC)CCCCC. The highest BCUT2D eigenvalue weighted by Gasteiger charge is 2.05. The summed E-state index contributed by atoms with van der Waals surface area (Å²) in [7, 11) is 0. The molecule has 0 aliphatic carbocycles. The highest BCUT2D eigenvalue weighted by Crippen LogP contribution is 2.19. The van der Waals surface area contributed by atoms with Gasteiger partial charge in [-0.1, -0.05) is 63.7 Å². The van der Waals surface area contributed by atoms with Gasteiger partial charge >= 0.3 is 0 Å². The normalized spacial score (nSPS) is 13.3. The van der Waals surface area contributed by atoms with Crippen LogP contribution in [-0.4, -0.2) is 11.2 Å². The molecular formula is C22H42O. The Bertz CT molecular complexity index is 280. The molecule has 0 aliphatic rings. The Labute approximate surface area is 146 Å². The van der Waals surface area contributed by atoms with E-state index in [9.17, 15) is 5.11 Å². The van der Waals surface area contributed by atoms with Crippen LogP contribution in [0.25, 0.3) is 0 Å². The predicted octanol–water partition coefficient (Wildman–Crippen LogP) is 7.35. The van der Waals surface area contributed by atoms with Crippen molar-refractivity contribution in [2.24, 2.45) is 0 Å². The Morgan fingerprint density at radius 2 is 1.43 bits per heavy atom. The van der Waals surface area contributed by atoms with Gasteiger partial charge in [0, 0.05) is 0 Å². The monoisotopic (exact) mass is 322 g/mol. The number of hydrogen-bond acceptors (Lipinski definition) is 1. The van der Waals surface area contributed by atoms with Crippen LogP contribution in [0.2, 0.25) is 0 Å². The standard InChI is InChI=1S/C22H42O/c1-4-7-10-13-17-21(16-12-9-6-3)18-15-20-22(23)19-14-11-8-5-2/h5,17,22-23H,2,4,6-16,18-20H2,1,3H3/b21-17+. The highest BCUT2D eigenvalue weighted by molar-refractivity contribution is 5.02. The maximum Gasteiger partial charge on any atom is 0.0540 e. The molecular weight excluding hydrogens is 280 g/mol. The number of aliphatic hydroxyl groups excluding tert-OH is 1. The minimum atomic E-state index is -0.100. The minimum absolute atomic E-state index is 0.100. The molecule has 0 fully saturated rings. The lowest BCUT2D eigenvalue weighted by molar-refractivity contribution is 0.148.